The molecule has 2 heterocycles. The van der Waals surface area contributed by atoms with Gasteiger partial charge >= 0.3 is 0 Å². The van der Waals surface area contributed by atoms with Crippen molar-refractivity contribution in [3.63, 3.8) is 0 Å². The van der Waals surface area contributed by atoms with Gasteiger partial charge in [0.2, 0.25) is 0 Å². The topological polar surface area (TPSA) is 17.8 Å². The van der Waals surface area contributed by atoms with E-state index in [2.05, 4.69) is 48.4 Å². The molecular weight excluding hydrogens is 332 g/mol. The van der Waals surface area contributed by atoms with Crippen LogP contribution in [0.1, 0.15) is 11.4 Å². The Balaban J connectivity index is 2.13. The first-order chi connectivity index (χ1) is 8.78. The van der Waals surface area contributed by atoms with Crippen molar-refractivity contribution in [2.45, 2.75) is 12.4 Å². The summed E-state index contributed by atoms with van der Waals surface area (Å²) in [7, 11) is 0. The van der Waals surface area contributed by atoms with Gasteiger partial charge in [-0.2, -0.15) is 11.3 Å². The van der Waals surface area contributed by atoms with Crippen LogP contribution >= 0.6 is 38.9 Å². The minimum Gasteiger partial charge on any atom is -0.322 e. The highest BCUT2D eigenvalue weighted by molar-refractivity contribution is 9.10. The Kier molecular flexibility index (Phi) is 3.41. The van der Waals surface area contributed by atoms with Crippen molar-refractivity contribution in [1.82, 2.24) is 9.55 Å². The minimum absolute atomic E-state index is 0.427. The van der Waals surface area contributed by atoms with Gasteiger partial charge in [-0.3, -0.25) is 0 Å². The number of imidazole rings is 1. The first-order valence-electron chi connectivity index (χ1n) is 5.49. The molecule has 0 saturated heterocycles. The van der Waals surface area contributed by atoms with Gasteiger partial charge in [0.05, 0.1) is 23.5 Å². The Hall–Kier alpha value is -0.840. The van der Waals surface area contributed by atoms with Crippen LogP contribution in [0.25, 0.3) is 11.0 Å². The van der Waals surface area contributed by atoms with E-state index in [4.69, 9.17) is 11.6 Å². The molecule has 0 aliphatic carbocycles. The van der Waals surface area contributed by atoms with E-state index in [0.29, 0.717) is 5.88 Å². The summed E-state index contributed by atoms with van der Waals surface area (Å²) in [6, 6.07) is 8.27. The molecule has 0 radical (unpaired) electrons. The van der Waals surface area contributed by atoms with Crippen LogP contribution in [0, 0.1) is 0 Å². The van der Waals surface area contributed by atoms with Crippen molar-refractivity contribution < 1.29 is 0 Å². The normalized spacial score (nSPS) is 11.2. The maximum Gasteiger partial charge on any atom is 0.125 e. The second-order valence-electron chi connectivity index (χ2n) is 4.01. The number of thiophene rings is 1. The summed E-state index contributed by atoms with van der Waals surface area (Å²) in [6.07, 6.45) is 0. The van der Waals surface area contributed by atoms with Gasteiger partial charge in [0.15, 0.2) is 0 Å². The highest BCUT2D eigenvalue weighted by Crippen LogP contribution is 2.23. The number of hydrogen-bond acceptors (Lipinski definition) is 2. The molecule has 3 rings (SSSR count). The summed E-state index contributed by atoms with van der Waals surface area (Å²) < 4.78 is 3.22. The molecule has 0 unspecified atom stereocenters. The quantitative estimate of drug-likeness (QED) is 0.634. The summed E-state index contributed by atoms with van der Waals surface area (Å²) in [5.41, 5.74) is 3.39. The number of benzene rings is 1. The lowest BCUT2D eigenvalue weighted by Gasteiger charge is -2.06. The first-order valence-corrected chi connectivity index (χ1v) is 7.76. The van der Waals surface area contributed by atoms with Crippen molar-refractivity contribution in [2.75, 3.05) is 0 Å². The SMILES string of the molecule is ClCc1nc2cc(Br)ccc2n1Cc1ccsc1. The van der Waals surface area contributed by atoms with E-state index >= 15 is 0 Å². The summed E-state index contributed by atoms with van der Waals surface area (Å²) in [6.45, 7) is 0.823. The molecule has 0 bridgehead atoms. The molecule has 1 aromatic carbocycles. The van der Waals surface area contributed by atoms with Crippen LogP contribution in [0.5, 0.6) is 0 Å². The summed E-state index contributed by atoms with van der Waals surface area (Å²) in [4.78, 5) is 4.58. The predicted octanol–water partition coefficient (Wildman–Crippen LogP) is 4.65. The zero-order valence-corrected chi connectivity index (χ0v) is 12.6. The molecule has 0 fully saturated rings. The minimum atomic E-state index is 0.427. The molecule has 0 N–H and O–H groups in total. The van der Waals surface area contributed by atoms with Crippen molar-refractivity contribution >= 4 is 49.9 Å². The van der Waals surface area contributed by atoms with Crippen LogP contribution < -0.4 is 0 Å². The largest absolute Gasteiger partial charge is 0.322 e. The fourth-order valence-corrected chi connectivity index (χ4v) is 3.21. The van der Waals surface area contributed by atoms with Gasteiger partial charge in [0, 0.05) is 4.47 Å². The fraction of sp³-hybridized carbons (Fsp3) is 0.154. The number of hydrogen-bond donors (Lipinski definition) is 0. The van der Waals surface area contributed by atoms with Gasteiger partial charge in [-0.25, -0.2) is 4.98 Å². The summed E-state index contributed by atoms with van der Waals surface area (Å²) >= 11 is 11.2. The van der Waals surface area contributed by atoms with E-state index in [0.717, 1.165) is 27.9 Å². The van der Waals surface area contributed by atoms with Gasteiger partial charge < -0.3 is 4.57 Å². The van der Waals surface area contributed by atoms with Crippen LogP contribution in [0.3, 0.4) is 0 Å². The maximum atomic E-state index is 5.99. The van der Waals surface area contributed by atoms with E-state index in [1.165, 1.54) is 5.56 Å². The van der Waals surface area contributed by atoms with Crippen molar-refractivity contribution in [3.05, 3.63) is 50.9 Å². The first kappa shape index (κ1) is 12.2. The molecule has 5 heteroatoms. The monoisotopic (exact) mass is 340 g/mol. The van der Waals surface area contributed by atoms with Crippen LogP contribution in [-0.4, -0.2) is 9.55 Å². The van der Waals surface area contributed by atoms with E-state index in [1.807, 2.05) is 12.1 Å². The average molecular weight is 342 g/mol. The molecule has 0 aliphatic rings. The Labute approximate surface area is 122 Å². The highest BCUT2D eigenvalue weighted by Gasteiger charge is 2.10. The number of halogens is 2. The van der Waals surface area contributed by atoms with E-state index < -0.39 is 0 Å². The zero-order valence-electron chi connectivity index (χ0n) is 9.44. The molecule has 2 nitrogen and oxygen atoms in total. The zero-order chi connectivity index (χ0) is 12.5. The molecule has 92 valence electrons. The molecule has 2 aromatic heterocycles. The molecule has 0 atom stereocenters. The molecule has 0 saturated carbocycles. The third-order valence-corrected chi connectivity index (χ3v) is 4.29. The van der Waals surface area contributed by atoms with Crippen molar-refractivity contribution in [2.24, 2.45) is 0 Å². The van der Waals surface area contributed by atoms with Crippen LogP contribution in [-0.2, 0) is 12.4 Å². The molecule has 0 aliphatic heterocycles. The molecule has 3 aromatic rings. The third-order valence-electron chi connectivity index (χ3n) is 2.83. The molecule has 0 spiro atoms. The second-order valence-corrected chi connectivity index (χ2v) is 5.98. The van der Waals surface area contributed by atoms with Gasteiger partial charge in [-0.1, -0.05) is 15.9 Å². The smallest absolute Gasteiger partial charge is 0.125 e. The standard InChI is InChI=1S/C13H10BrClN2S/c14-10-1-2-12-11(5-10)16-13(6-15)17(12)7-9-3-4-18-8-9/h1-5,8H,6-7H2. The lowest BCUT2D eigenvalue weighted by Crippen LogP contribution is -2.02. The van der Waals surface area contributed by atoms with E-state index in [9.17, 15) is 0 Å². The average Bonchev–Trinajstić information content (AvgIpc) is 2.97. The van der Waals surface area contributed by atoms with E-state index in [1.54, 1.807) is 11.3 Å². The van der Waals surface area contributed by atoms with Gasteiger partial charge in [0.1, 0.15) is 5.82 Å². The van der Waals surface area contributed by atoms with Gasteiger partial charge in [-0.15, -0.1) is 11.6 Å². The van der Waals surface area contributed by atoms with Crippen LogP contribution in [0.15, 0.2) is 39.5 Å². The fourth-order valence-electron chi connectivity index (χ4n) is 2.00. The number of alkyl halides is 1. The van der Waals surface area contributed by atoms with Crippen LogP contribution in [0.4, 0.5) is 0 Å². The third kappa shape index (κ3) is 2.20. The highest BCUT2D eigenvalue weighted by atomic mass is 79.9. The summed E-state index contributed by atoms with van der Waals surface area (Å²) in [5.74, 6) is 1.34. The molecule has 18 heavy (non-hydrogen) atoms. The number of aromatic nitrogens is 2. The Morgan fingerprint density at radius 3 is 2.94 bits per heavy atom. The second kappa shape index (κ2) is 5.03. The summed E-state index contributed by atoms with van der Waals surface area (Å²) in [5, 5.41) is 4.24. The lowest BCUT2D eigenvalue weighted by atomic mass is 10.3. The predicted molar refractivity (Wildman–Crippen MR) is 80.4 cm³/mol. The molecule has 0 amide bonds. The van der Waals surface area contributed by atoms with Crippen LogP contribution in [0.2, 0.25) is 0 Å². The number of nitrogens with zero attached hydrogens (tertiary/aromatic N) is 2. The maximum absolute atomic E-state index is 5.99. The Morgan fingerprint density at radius 1 is 1.33 bits per heavy atom. The Morgan fingerprint density at radius 2 is 2.22 bits per heavy atom. The van der Waals surface area contributed by atoms with Crippen molar-refractivity contribution in [3.8, 4) is 0 Å². The lowest BCUT2D eigenvalue weighted by molar-refractivity contribution is 0.781. The van der Waals surface area contributed by atoms with Gasteiger partial charge in [-0.05, 0) is 40.6 Å². The van der Waals surface area contributed by atoms with E-state index in [-0.39, 0.29) is 0 Å². The molecular formula is C13H10BrClN2S. The Bertz CT molecular complexity index is 676. The number of fused-ring (bicyclic) bond motifs is 1. The van der Waals surface area contributed by atoms with Crippen molar-refractivity contribution in [1.29, 1.82) is 0 Å². The van der Waals surface area contributed by atoms with Gasteiger partial charge in [0.25, 0.3) is 0 Å². The number of rotatable bonds is 3.